The fourth-order valence-electron chi connectivity index (χ4n) is 3.07. The average molecular weight is 238 g/mol. The quantitative estimate of drug-likeness (QED) is 0.817. The Morgan fingerprint density at radius 2 is 2.06 bits per heavy atom. The van der Waals surface area contributed by atoms with E-state index < -0.39 is 5.54 Å². The molecule has 2 rings (SSSR count). The first-order chi connectivity index (χ1) is 8.07. The number of hydrogen-bond donors (Lipinski definition) is 1. The molecule has 1 saturated heterocycles. The highest BCUT2D eigenvalue weighted by molar-refractivity contribution is 5.86. The number of piperidine rings is 1. The van der Waals surface area contributed by atoms with Gasteiger partial charge in [0.2, 0.25) is 5.91 Å². The molecule has 0 spiro atoms. The molecule has 1 heterocycles. The van der Waals surface area contributed by atoms with Crippen LogP contribution in [0.3, 0.4) is 0 Å². The fraction of sp³-hybridized carbons (Fsp3) is 0.929. The van der Waals surface area contributed by atoms with Crippen LogP contribution in [0.1, 0.15) is 58.8 Å². The fourth-order valence-corrected chi connectivity index (χ4v) is 3.07. The van der Waals surface area contributed by atoms with E-state index in [0.29, 0.717) is 12.0 Å². The summed E-state index contributed by atoms with van der Waals surface area (Å²) in [5.74, 6) is 0.636. The molecule has 0 bridgehead atoms. The molecule has 1 amide bonds. The van der Waals surface area contributed by atoms with Crippen molar-refractivity contribution in [1.82, 2.24) is 4.90 Å². The van der Waals surface area contributed by atoms with Crippen molar-refractivity contribution < 1.29 is 4.79 Å². The zero-order valence-corrected chi connectivity index (χ0v) is 11.2. The van der Waals surface area contributed by atoms with Crippen molar-refractivity contribution in [2.24, 2.45) is 11.7 Å². The van der Waals surface area contributed by atoms with Gasteiger partial charge >= 0.3 is 0 Å². The van der Waals surface area contributed by atoms with E-state index in [0.717, 1.165) is 38.6 Å². The van der Waals surface area contributed by atoms with Gasteiger partial charge in [-0.25, -0.2) is 0 Å². The molecule has 0 aromatic carbocycles. The zero-order chi connectivity index (χ0) is 12.5. The minimum Gasteiger partial charge on any atom is -0.338 e. The van der Waals surface area contributed by atoms with E-state index in [1.807, 2.05) is 6.92 Å². The van der Waals surface area contributed by atoms with Gasteiger partial charge in [-0.15, -0.1) is 0 Å². The molecule has 3 heteroatoms. The molecule has 0 aromatic rings. The molecule has 17 heavy (non-hydrogen) atoms. The SMILES string of the molecule is CCCC1CCCCN1C(=O)C(C)(N)C1CC1. The van der Waals surface area contributed by atoms with Crippen LogP contribution in [0.2, 0.25) is 0 Å². The number of rotatable bonds is 4. The Balaban J connectivity index is 2.04. The predicted molar refractivity (Wildman–Crippen MR) is 69.6 cm³/mol. The molecule has 0 radical (unpaired) electrons. The van der Waals surface area contributed by atoms with E-state index in [1.165, 1.54) is 12.8 Å². The third-order valence-electron chi connectivity index (χ3n) is 4.40. The Morgan fingerprint density at radius 1 is 1.35 bits per heavy atom. The zero-order valence-electron chi connectivity index (χ0n) is 11.2. The van der Waals surface area contributed by atoms with Gasteiger partial charge in [0.25, 0.3) is 0 Å². The molecule has 2 N–H and O–H groups in total. The highest BCUT2D eigenvalue weighted by atomic mass is 16.2. The molecule has 2 atom stereocenters. The normalized spacial score (nSPS) is 28.9. The third-order valence-corrected chi connectivity index (χ3v) is 4.40. The van der Waals surface area contributed by atoms with Crippen molar-refractivity contribution in [3.05, 3.63) is 0 Å². The molecule has 1 saturated carbocycles. The number of nitrogens with two attached hydrogens (primary N) is 1. The van der Waals surface area contributed by atoms with E-state index in [4.69, 9.17) is 5.73 Å². The first-order valence-electron chi connectivity index (χ1n) is 7.17. The monoisotopic (exact) mass is 238 g/mol. The molecule has 2 aliphatic rings. The van der Waals surface area contributed by atoms with E-state index in [-0.39, 0.29) is 5.91 Å². The summed E-state index contributed by atoms with van der Waals surface area (Å²) < 4.78 is 0. The Hall–Kier alpha value is -0.570. The molecular formula is C14H26N2O. The van der Waals surface area contributed by atoms with Crippen LogP contribution < -0.4 is 5.73 Å². The Kier molecular flexibility index (Phi) is 3.76. The van der Waals surface area contributed by atoms with E-state index in [1.54, 1.807) is 0 Å². The summed E-state index contributed by atoms with van der Waals surface area (Å²) in [7, 11) is 0. The van der Waals surface area contributed by atoms with Crippen LogP contribution in [-0.4, -0.2) is 28.9 Å². The standard InChI is InChI=1S/C14H26N2O/c1-3-6-12-7-4-5-10-16(12)13(17)14(2,15)11-8-9-11/h11-12H,3-10,15H2,1-2H3. The summed E-state index contributed by atoms with van der Waals surface area (Å²) >= 11 is 0. The lowest BCUT2D eigenvalue weighted by molar-refractivity contribution is -0.141. The Labute approximate surface area is 105 Å². The summed E-state index contributed by atoms with van der Waals surface area (Å²) in [5, 5.41) is 0. The Morgan fingerprint density at radius 3 is 2.65 bits per heavy atom. The average Bonchev–Trinajstić information content (AvgIpc) is 3.13. The summed E-state index contributed by atoms with van der Waals surface area (Å²) in [6.45, 7) is 5.05. The molecule has 3 nitrogen and oxygen atoms in total. The van der Waals surface area contributed by atoms with Crippen molar-refractivity contribution in [2.45, 2.75) is 70.4 Å². The summed E-state index contributed by atoms with van der Waals surface area (Å²) in [4.78, 5) is 14.7. The van der Waals surface area contributed by atoms with Crippen molar-refractivity contribution in [3.63, 3.8) is 0 Å². The smallest absolute Gasteiger partial charge is 0.242 e. The summed E-state index contributed by atoms with van der Waals surface area (Å²) in [6.07, 6.45) is 8.12. The Bertz CT molecular complexity index is 282. The number of nitrogens with zero attached hydrogens (tertiary/aromatic N) is 1. The molecular weight excluding hydrogens is 212 g/mol. The van der Waals surface area contributed by atoms with Gasteiger partial charge < -0.3 is 10.6 Å². The number of likely N-dealkylation sites (tertiary alicyclic amines) is 1. The van der Waals surface area contributed by atoms with Crippen LogP contribution in [0.5, 0.6) is 0 Å². The minimum absolute atomic E-state index is 0.207. The van der Waals surface area contributed by atoms with E-state index >= 15 is 0 Å². The second-order valence-electron chi connectivity index (χ2n) is 5.99. The maximum atomic E-state index is 12.6. The largest absolute Gasteiger partial charge is 0.338 e. The maximum absolute atomic E-state index is 12.6. The number of carbonyl (C=O) groups is 1. The molecule has 1 aliphatic heterocycles. The number of carbonyl (C=O) groups excluding carboxylic acids is 1. The van der Waals surface area contributed by atoms with Crippen LogP contribution in [-0.2, 0) is 4.79 Å². The lowest BCUT2D eigenvalue weighted by Gasteiger charge is -2.40. The van der Waals surface area contributed by atoms with Crippen LogP contribution in [0.15, 0.2) is 0 Å². The van der Waals surface area contributed by atoms with Gasteiger partial charge in [0.15, 0.2) is 0 Å². The van der Waals surface area contributed by atoms with Gasteiger partial charge in [-0.3, -0.25) is 4.79 Å². The van der Waals surface area contributed by atoms with Gasteiger partial charge in [-0.1, -0.05) is 13.3 Å². The van der Waals surface area contributed by atoms with Crippen LogP contribution in [0.25, 0.3) is 0 Å². The first-order valence-corrected chi connectivity index (χ1v) is 7.17. The molecule has 2 fully saturated rings. The predicted octanol–water partition coefficient (Wildman–Crippen LogP) is 2.29. The van der Waals surface area contributed by atoms with Crippen LogP contribution >= 0.6 is 0 Å². The number of hydrogen-bond acceptors (Lipinski definition) is 2. The van der Waals surface area contributed by atoms with Crippen molar-refractivity contribution in [1.29, 1.82) is 0 Å². The molecule has 1 aliphatic carbocycles. The molecule has 2 unspecified atom stereocenters. The summed E-state index contributed by atoms with van der Waals surface area (Å²) in [5.41, 5.74) is 5.66. The van der Waals surface area contributed by atoms with Gasteiger partial charge in [-0.05, 0) is 51.4 Å². The third kappa shape index (κ3) is 2.65. The highest BCUT2D eigenvalue weighted by Crippen LogP contribution is 2.39. The van der Waals surface area contributed by atoms with Crippen molar-refractivity contribution in [2.75, 3.05) is 6.54 Å². The van der Waals surface area contributed by atoms with Crippen LogP contribution in [0, 0.1) is 5.92 Å². The second-order valence-corrected chi connectivity index (χ2v) is 5.99. The lowest BCUT2D eigenvalue weighted by Crippen LogP contribution is -2.58. The summed E-state index contributed by atoms with van der Waals surface area (Å²) in [6, 6.07) is 0.447. The second kappa shape index (κ2) is 4.97. The molecule has 98 valence electrons. The van der Waals surface area contributed by atoms with Gasteiger partial charge in [0.1, 0.15) is 0 Å². The van der Waals surface area contributed by atoms with Crippen molar-refractivity contribution in [3.8, 4) is 0 Å². The van der Waals surface area contributed by atoms with Gasteiger partial charge in [0, 0.05) is 12.6 Å². The van der Waals surface area contributed by atoms with E-state index in [9.17, 15) is 4.79 Å². The minimum atomic E-state index is -0.608. The highest BCUT2D eigenvalue weighted by Gasteiger charge is 2.47. The van der Waals surface area contributed by atoms with Gasteiger partial charge in [-0.2, -0.15) is 0 Å². The maximum Gasteiger partial charge on any atom is 0.242 e. The van der Waals surface area contributed by atoms with Crippen LogP contribution in [0.4, 0.5) is 0 Å². The lowest BCUT2D eigenvalue weighted by atomic mass is 9.91. The first kappa shape index (κ1) is 12.9. The van der Waals surface area contributed by atoms with Gasteiger partial charge in [0.05, 0.1) is 5.54 Å². The van der Waals surface area contributed by atoms with Crippen molar-refractivity contribution >= 4 is 5.91 Å². The molecule has 0 aromatic heterocycles. The van der Waals surface area contributed by atoms with E-state index in [2.05, 4.69) is 11.8 Å². The topological polar surface area (TPSA) is 46.3 Å². The number of amides is 1.